The van der Waals surface area contributed by atoms with Crippen LogP contribution in [0, 0.1) is 0 Å². The molecule has 29 heavy (non-hydrogen) atoms. The van der Waals surface area contributed by atoms with Gasteiger partial charge in [0.2, 0.25) is 5.91 Å². The summed E-state index contributed by atoms with van der Waals surface area (Å²) >= 11 is 0. The Bertz CT molecular complexity index is 1230. The zero-order chi connectivity index (χ0) is 20.3. The Kier molecular flexibility index (Phi) is 5.14. The zero-order valence-electron chi connectivity index (χ0n) is 15.5. The number of anilines is 1. The van der Waals surface area contributed by atoms with Crippen molar-refractivity contribution in [3.8, 4) is 11.3 Å². The molecule has 4 rings (SSSR count). The Morgan fingerprint density at radius 2 is 1.66 bits per heavy atom. The van der Waals surface area contributed by atoms with Crippen LogP contribution in [-0.4, -0.2) is 29.5 Å². The van der Waals surface area contributed by atoms with E-state index in [1.54, 1.807) is 24.3 Å². The highest BCUT2D eigenvalue weighted by atomic mass is 32.2. The lowest BCUT2D eigenvalue weighted by Gasteiger charge is -2.10. The number of para-hydroxylation sites is 1. The van der Waals surface area contributed by atoms with Crippen LogP contribution in [0.2, 0.25) is 0 Å². The fourth-order valence-corrected chi connectivity index (χ4v) is 4.33. The van der Waals surface area contributed by atoms with Gasteiger partial charge in [-0.25, -0.2) is 13.4 Å². The SMILES string of the molecule is O=C(CCS(=O)(=O)c1ccccc1)Nc1ccccc1-c1cn2ccccc2n1. The number of hydrogen-bond acceptors (Lipinski definition) is 4. The van der Waals surface area contributed by atoms with Crippen molar-refractivity contribution < 1.29 is 13.2 Å². The fourth-order valence-electron chi connectivity index (χ4n) is 3.07. The van der Waals surface area contributed by atoms with Crippen molar-refractivity contribution in [2.75, 3.05) is 11.1 Å². The van der Waals surface area contributed by atoms with Gasteiger partial charge in [0.05, 0.1) is 22.0 Å². The van der Waals surface area contributed by atoms with Crippen LogP contribution in [-0.2, 0) is 14.6 Å². The minimum atomic E-state index is -3.50. The summed E-state index contributed by atoms with van der Waals surface area (Å²) in [6, 6.07) is 21.2. The standard InChI is InChI=1S/C22H19N3O3S/c26-22(13-15-29(27,28)17-8-2-1-3-9-17)24-19-11-5-4-10-18(19)20-16-25-14-7-6-12-21(25)23-20/h1-12,14,16H,13,15H2,(H,24,26). The van der Waals surface area contributed by atoms with Crippen molar-refractivity contribution in [3.05, 3.63) is 85.2 Å². The number of fused-ring (bicyclic) bond motifs is 1. The molecule has 0 saturated carbocycles. The molecule has 2 aromatic heterocycles. The molecule has 0 aliphatic heterocycles. The molecule has 0 atom stereocenters. The largest absolute Gasteiger partial charge is 0.325 e. The van der Waals surface area contributed by atoms with Gasteiger partial charge in [0.1, 0.15) is 5.65 Å². The molecule has 0 aliphatic rings. The van der Waals surface area contributed by atoms with Gasteiger partial charge in [0.25, 0.3) is 0 Å². The lowest BCUT2D eigenvalue weighted by molar-refractivity contribution is -0.115. The third-order valence-corrected chi connectivity index (χ3v) is 6.27. The van der Waals surface area contributed by atoms with Crippen LogP contribution in [0.5, 0.6) is 0 Å². The topological polar surface area (TPSA) is 80.5 Å². The molecule has 2 heterocycles. The molecular weight excluding hydrogens is 386 g/mol. The number of nitrogens with one attached hydrogen (secondary N) is 1. The second kappa shape index (κ2) is 7.89. The molecule has 1 amide bonds. The fraction of sp³-hybridized carbons (Fsp3) is 0.0909. The molecule has 146 valence electrons. The lowest BCUT2D eigenvalue weighted by Crippen LogP contribution is -2.17. The number of nitrogens with zero attached hydrogens (tertiary/aromatic N) is 2. The molecule has 0 unspecified atom stereocenters. The third kappa shape index (κ3) is 4.20. The molecule has 0 spiro atoms. The van der Waals surface area contributed by atoms with Crippen molar-refractivity contribution in [1.82, 2.24) is 9.38 Å². The van der Waals surface area contributed by atoms with E-state index in [-0.39, 0.29) is 23.0 Å². The number of imidazole rings is 1. The minimum Gasteiger partial charge on any atom is -0.325 e. The van der Waals surface area contributed by atoms with Crippen LogP contribution in [0.3, 0.4) is 0 Å². The third-order valence-electron chi connectivity index (χ3n) is 4.54. The van der Waals surface area contributed by atoms with Gasteiger partial charge in [-0.2, -0.15) is 0 Å². The number of carbonyl (C=O) groups excluding carboxylic acids is 1. The summed E-state index contributed by atoms with van der Waals surface area (Å²) in [5.41, 5.74) is 2.90. The van der Waals surface area contributed by atoms with E-state index in [2.05, 4.69) is 10.3 Å². The second-order valence-corrected chi connectivity index (χ2v) is 8.68. The van der Waals surface area contributed by atoms with Gasteiger partial charge >= 0.3 is 0 Å². The number of benzene rings is 2. The van der Waals surface area contributed by atoms with Crippen molar-refractivity contribution in [2.45, 2.75) is 11.3 Å². The summed E-state index contributed by atoms with van der Waals surface area (Å²) in [6.07, 6.45) is 3.67. The smallest absolute Gasteiger partial charge is 0.225 e. The number of rotatable bonds is 6. The summed E-state index contributed by atoms with van der Waals surface area (Å²) in [7, 11) is -3.50. The molecule has 0 saturated heterocycles. The first-order chi connectivity index (χ1) is 14.0. The van der Waals surface area contributed by atoms with Crippen LogP contribution < -0.4 is 5.32 Å². The molecule has 0 bridgehead atoms. The van der Waals surface area contributed by atoms with Crippen molar-refractivity contribution in [3.63, 3.8) is 0 Å². The van der Waals surface area contributed by atoms with E-state index in [4.69, 9.17) is 0 Å². The van der Waals surface area contributed by atoms with Gasteiger partial charge in [-0.15, -0.1) is 0 Å². The average Bonchev–Trinajstić information content (AvgIpc) is 3.17. The lowest BCUT2D eigenvalue weighted by atomic mass is 10.1. The maximum Gasteiger partial charge on any atom is 0.225 e. The van der Waals surface area contributed by atoms with Crippen LogP contribution in [0.1, 0.15) is 6.42 Å². The van der Waals surface area contributed by atoms with Gasteiger partial charge in [-0.05, 0) is 30.3 Å². The molecule has 4 aromatic rings. The van der Waals surface area contributed by atoms with Crippen molar-refractivity contribution in [1.29, 1.82) is 0 Å². The molecular formula is C22H19N3O3S. The minimum absolute atomic E-state index is 0.128. The Hall–Kier alpha value is -3.45. The summed E-state index contributed by atoms with van der Waals surface area (Å²) < 4.78 is 26.7. The Morgan fingerprint density at radius 3 is 2.45 bits per heavy atom. The van der Waals surface area contributed by atoms with E-state index in [0.717, 1.165) is 16.9 Å². The summed E-state index contributed by atoms with van der Waals surface area (Å²) in [5.74, 6) is -0.611. The maximum absolute atomic E-state index is 12.4. The summed E-state index contributed by atoms with van der Waals surface area (Å²) in [5, 5.41) is 2.82. The van der Waals surface area contributed by atoms with Gasteiger partial charge in [0, 0.05) is 24.4 Å². The predicted molar refractivity (Wildman–Crippen MR) is 112 cm³/mol. The van der Waals surface area contributed by atoms with E-state index in [1.165, 1.54) is 12.1 Å². The highest BCUT2D eigenvalue weighted by Crippen LogP contribution is 2.27. The average molecular weight is 405 g/mol. The van der Waals surface area contributed by atoms with E-state index >= 15 is 0 Å². The van der Waals surface area contributed by atoms with Gasteiger partial charge in [0.15, 0.2) is 9.84 Å². The molecule has 0 radical (unpaired) electrons. The molecule has 0 aliphatic carbocycles. The molecule has 7 heteroatoms. The molecule has 2 aromatic carbocycles. The van der Waals surface area contributed by atoms with E-state index in [1.807, 2.05) is 53.2 Å². The summed E-state index contributed by atoms with van der Waals surface area (Å²) in [4.78, 5) is 17.3. The van der Waals surface area contributed by atoms with Crippen LogP contribution in [0.4, 0.5) is 5.69 Å². The van der Waals surface area contributed by atoms with E-state index < -0.39 is 9.84 Å². The quantitative estimate of drug-likeness (QED) is 0.529. The Balaban J connectivity index is 1.51. The normalized spacial score (nSPS) is 11.4. The van der Waals surface area contributed by atoms with Gasteiger partial charge in [-0.3, -0.25) is 4.79 Å². The molecule has 6 nitrogen and oxygen atoms in total. The number of carbonyl (C=O) groups is 1. The molecule has 0 fully saturated rings. The van der Waals surface area contributed by atoms with Gasteiger partial charge < -0.3 is 9.72 Å². The maximum atomic E-state index is 12.4. The highest BCUT2D eigenvalue weighted by molar-refractivity contribution is 7.91. The van der Waals surface area contributed by atoms with Crippen molar-refractivity contribution in [2.24, 2.45) is 0 Å². The number of pyridine rings is 1. The Labute approximate surface area is 168 Å². The first kappa shape index (κ1) is 18.9. The van der Waals surface area contributed by atoms with Crippen molar-refractivity contribution >= 4 is 27.1 Å². The van der Waals surface area contributed by atoms with E-state index in [9.17, 15) is 13.2 Å². The van der Waals surface area contributed by atoms with Crippen LogP contribution >= 0.6 is 0 Å². The van der Waals surface area contributed by atoms with Crippen LogP contribution in [0.25, 0.3) is 16.9 Å². The number of hydrogen-bond donors (Lipinski definition) is 1. The van der Waals surface area contributed by atoms with E-state index in [0.29, 0.717) is 5.69 Å². The van der Waals surface area contributed by atoms with Crippen LogP contribution in [0.15, 0.2) is 90.1 Å². The summed E-state index contributed by atoms with van der Waals surface area (Å²) in [6.45, 7) is 0. The van der Waals surface area contributed by atoms with Gasteiger partial charge in [-0.1, -0.05) is 42.5 Å². The monoisotopic (exact) mass is 405 g/mol. The highest BCUT2D eigenvalue weighted by Gasteiger charge is 2.17. The zero-order valence-corrected chi connectivity index (χ0v) is 16.3. The number of amides is 1. The first-order valence-corrected chi connectivity index (χ1v) is 10.8. The predicted octanol–water partition coefficient (Wildman–Crippen LogP) is 3.80. The first-order valence-electron chi connectivity index (χ1n) is 9.14. The number of sulfone groups is 1. The number of aromatic nitrogens is 2. The second-order valence-electron chi connectivity index (χ2n) is 6.57. The molecule has 1 N–H and O–H groups in total. The Morgan fingerprint density at radius 1 is 0.931 bits per heavy atom.